The molecule has 26 heavy (non-hydrogen) atoms. The number of non-ortho nitro benzene ring substituents is 1. The largest absolute Gasteiger partial charge is 0.452 e. The second-order valence-corrected chi connectivity index (χ2v) is 6.58. The van der Waals surface area contributed by atoms with Crippen molar-refractivity contribution in [1.29, 1.82) is 0 Å². The van der Waals surface area contributed by atoms with E-state index in [2.05, 4.69) is 5.32 Å². The van der Waals surface area contributed by atoms with E-state index in [9.17, 15) is 19.7 Å². The average Bonchev–Trinajstić information content (AvgIpc) is 2.62. The van der Waals surface area contributed by atoms with Gasteiger partial charge in [0.25, 0.3) is 11.6 Å². The lowest BCUT2D eigenvalue weighted by molar-refractivity contribution is -0.384. The van der Waals surface area contributed by atoms with Crippen molar-refractivity contribution in [2.45, 2.75) is 24.8 Å². The molecule has 2 rings (SSSR count). The molecule has 0 aliphatic carbocycles. The van der Waals surface area contributed by atoms with Crippen LogP contribution in [0.15, 0.2) is 53.4 Å². The maximum atomic E-state index is 12.0. The molecular weight excluding hydrogens is 356 g/mol. The number of hydrogen-bond donors (Lipinski definition) is 1. The van der Waals surface area contributed by atoms with Gasteiger partial charge in [0.1, 0.15) is 0 Å². The third-order valence-electron chi connectivity index (χ3n) is 3.40. The lowest BCUT2D eigenvalue weighted by Gasteiger charge is -2.13. The van der Waals surface area contributed by atoms with Crippen LogP contribution in [0.2, 0.25) is 0 Å². The molecule has 8 heteroatoms. The Hall–Kier alpha value is -2.87. The molecule has 0 saturated carbocycles. The number of nitrogens with one attached hydrogen (secondary N) is 1. The lowest BCUT2D eigenvalue weighted by Crippen LogP contribution is -2.30. The summed E-state index contributed by atoms with van der Waals surface area (Å²) >= 11 is 1.18. The number of nitro benzene ring substituents is 1. The van der Waals surface area contributed by atoms with Crippen molar-refractivity contribution in [3.05, 3.63) is 64.2 Å². The second-order valence-electron chi connectivity index (χ2n) is 5.53. The van der Waals surface area contributed by atoms with Crippen molar-refractivity contribution in [3.8, 4) is 0 Å². The zero-order chi connectivity index (χ0) is 19.1. The summed E-state index contributed by atoms with van der Waals surface area (Å²) in [6.45, 7) is 3.44. The van der Waals surface area contributed by atoms with Gasteiger partial charge in [0, 0.05) is 22.7 Å². The van der Waals surface area contributed by atoms with Crippen molar-refractivity contribution < 1.29 is 19.2 Å². The first-order valence-electron chi connectivity index (χ1n) is 7.79. The molecule has 1 amide bonds. The number of nitro groups is 1. The zero-order valence-electron chi connectivity index (χ0n) is 14.3. The average molecular weight is 374 g/mol. The quantitative estimate of drug-likeness (QED) is 0.344. The zero-order valence-corrected chi connectivity index (χ0v) is 15.1. The van der Waals surface area contributed by atoms with Gasteiger partial charge < -0.3 is 10.1 Å². The van der Waals surface area contributed by atoms with E-state index in [1.54, 1.807) is 24.3 Å². The normalized spacial score (nSPS) is 11.5. The summed E-state index contributed by atoms with van der Waals surface area (Å²) in [6.07, 6.45) is -0.929. The van der Waals surface area contributed by atoms with Gasteiger partial charge >= 0.3 is 5.97 Å². The Morgan fingerprint density at radius 3 is 2.35 bits per heavy atom. The Kier molecular flexibility index (Phi) is 6.74. The SMILES string of the molecule is Cc1ccc(NC(=O)[C@@H](C)OC(=O)CSc2ccc([N+](=O)[O-])cc2)cc1. The van der Waals surface area contributed by atoms with E-state index in [0.717, 1.165) is 5.56 Å². The van der Waals surface area contributed by atoms with E-state index in [1.807, 2.05) is 19.1 Å². The molecule has 0 saturated heterocycles. The number of amides is 1. The van der Waals surface area contributed by atoms with Crippen LogP contribution in [-0.2, 0) is 14.3 Å². The van der Waals surface area contributed by atoms with Crippen molar-refractivity contribution >= 4 is 35.0 Å². The predicted octanol–water partition coefficient (Wildman–Crippen LogP) is 3.57. The summed E-state index contributed by atoms with van der Waals surface area (Å²) in [5.74, 6) is -0.956. The van der Waals surface area contributed by atoms with Gasteiger partial charge in [-0.3, -0.25) is 19.7 Å². The highest BCUT2D eigenvalue weighted by molar-refractivity contribution is 8.00. The Labute approximate surface area is 154 Å². The number of aryl methyl sites for hydroxylation is 1. The van der Waals surface area contributed by atoms with Crippen LogP contribution >= 0.6 is 11.8 Å². The second kappa shape index (κ2) is 9.00. The minimum atomic E-state index is -0.929. The molecule has 0 aromatic heterocycles. The molecule has 1 atom stereocenters. The van der Waals surface area contributed by atoms with E-state index < -0.39 is 22.9 Å². The summed E-state index contributed by atoms with van der Waals surface area (Å²) in [4.78, 5) is 34.7. The maximum absolute atomic E-state index is 12.0. The molecule has 0 bridgehead atoms. The summed E-state index contributed by atoms with van der Waals surface area (Å²) < 4.78 is 5.11. The van der Waals surface area contributed by atoms with Gasteiger partial charge in [-0.1, -0.05) is 17.7 Å². The van der Waals surface area contributed by atoms with Gasteiger partial charge in [0.05, 0.1) is 10.7 Å². The van der Waals surface area contributed by atoms with Crippen molar-refractivity contribution in [2.75, 3.05) is 11.1 Å². The lowest BCUT2D eigenvalue weighted by atomic mass is 10.2. The molecule has 136 valence electrons. The molecule has 0 spiro atoms. The fourth-order valence-corrected chi connectivity index (χ4v) is 2.65. The summed E-state index contributed by atoms with van der Waals surface area (Å²) in [6, 6.07) is 13.1. The number of rotatable bonds is 7. The maximum Gasteiger partial charge on any atom is 0.317 e. The van der Waals surface area contributed by atoms with Crippen LogP contribution in [0.5, 0.6) is 0 Å². The Bertz CT molecular complexity index is 790. The van der Waals surface area contributed by atoms with Crippen LogP contribution < -0.4 is 5.32 Å². The molecule has 0 aliphatic heterocycles. The minimum Gasteiger partial charge on any atom is -0.452 e. The van der Waals surface area contributed by atoms with Gasteiger partial charge in [-0.25, -0.2) is 0 Å². The molecule has 0 radical (unpaired) electrons. The number of nitrogens with zero attached hydrogens (tertiary/aromatic N) is 1. The molecular formula is C18H18N2O5S. The highest BCUT2D eigenvalue weighted by Gasteiger charge is 2.18. The van der Waals surface area contributed by atoms with Crippen LogP contribution in [0.3, 0.4) is 0 Å². The van der Waals surface area contributed by atoms with E-state index in [4.69, 9.17) is 4.74 Å². The number of anilines is 1. The molecule has 1 N–H and O–H groups in total. The van der Waals surface area contributed by atoms with E-state index in [1.165, 1.54) is 30.8 Å². The molecule has 7 nitrogen and oxygen atoms in total. The van der Waals surface area contributed by atoms with Gasteiger partial charge in [-0.15, -0.1) is 11.8 Å². The third kappa shape index (κ3) is 5.89. The molecule has 0 aliphatic rings. The Morgan fingerprint density at radius 1 is 1.15 bits per heavy atom. The van der Waals surface area contributed by atoms with Gasteiger partial charge in [0.15, 0.2) is 6.10 Å². The van der Waals surface area contributed by atoms with Crippen LogP contribution in [0.25, 0.3) is 0 Å². The standard InChI is InChI=1S/C18H18N2O5S/c1-12-3-5-14(6-4-12)19-18(22)13(2)25-17(21)11-26-16-9-7-15(8-10-16)20(23)24/h3-10,13H,11H2,1-2H3,(H,19,22)/t13-/m1/s1. The highest BCUT2D eigenvalue weighted by Crippen LogP contribution is 2.21. The Morgan fingerprint density at radius 2 is 1.77 bits per heavy atom. The first kappa shape index (κ1) is 19.5. The first-order chi connectivity index (χ1) is 12.3. The minimum absolute atomic E-state index is 0.0000371. The number of esters is 1. The highest BCUT2D eigenvalue weighted by atomic mass is 32.2. The summed E-state index contributed by atoms with van der Waals surface area (Å²) in [5, 5.41) is 13.3. The van der Waals surface area contributed by atoms with Crippen molar-refractivity contribution in [2.24, 2.45) is 0 Å². The molecule has 2 aromatic rings. The summed E-state index contributed by atoms with van der Waals surface area (Å²) in [5.41, 5.74) is 1.69. The van der Waals surface area contributed by atoms with Gasteiger partial charge in [-0.05, 0) is 38.1 Å². The molecule has 0 unspecified atom stereocenters. The predicted molar refractivity (Wildman–Crippen MR) is 99.2 cm³/mol. The fourth-order valence-electron chi connectivity index (χ4n) is 1.97. The number of ether oxygens (including phenoxy) is 1. The molecule has 0 fully saturated rings. The number of benzene rings is 2. The third-order valence-corrected chi connectivity index (χ3v) is 4.39. The number of carbonyl (C=O) groups is 2. The number of hydrogen-bond acceptors (Lipinski definition) is 6. The van der Waals surface area contributed by atoms with Crippen LogP contribution in [0.4, 0.5) is 11.4 Å². The van der Waals surface area contributed by atoms with Crippen LogP contribution in [0, 0.1) is 17.0 Å². The van der Waals surface area contributed by atoms with Crippen molar-refractivity contribution in [1.82, 2.24) is 0 Å². The van der Waals surface area contributed by atoms with E-state index in [-0.39, 0.29) is 11.4 Å². The van der Waals surface area contributed by atoms with Gasteiger partial charge in [0.2, 0.25) is 0 Å². The van der Waals surface area contributed by atoms with Crippen LogP contribution in [0.1, 0.15) is 12.5 Å². The molecule has 2 aromatic carbocycles. The van der Waals surface area contributed by atoms with E-state index in [0.29, 0.717) is 10.6 Å². The van der Waals surface area contributed by atoms with E-state index >= 15 is 0 Å². The molecule has 0 heterocycles. The number of carbonyl (C=O) groups excluding carboxylic acids is 2. The van der Waals surface area contributed by atoms with Crippen molar-refractivity contribution in [3.63, 3.8) is 0 Å². The monoisotopic (exact) mass is 374 g/mol. The Balaban J connectivity index is 1.79. The fraction of sp³-hybridized carbons (Fsp3) is 0.222. The summed E-state index contributed by atoms with van der Waals surface area (Å²) in [7, 11) is 0. The topological polar surface area (TPSA) is 98.5 Å². The smallest absolute Gasteiger partial charge is 0.317 e. The number of thioether (sulfide) groups is 1. The first-order valence-corrected chi connectivity index (χ1v) is 8.78. The van der Waals surface area contributed by atoms with Gasteiger partial charge in [-0.2, -0.15) is 0 Å². The van der Waals surface area contributed by atoms with Crippen LogP contribution in [-0.4, -0.2) is 28.7 Å².